The molecule has 0 amide bonds. The minimum Gasteiger partial charge on any atom is -0.507 e. The van der Waals surface area contributed by atoms with Crippen LogP contribution in [0, 0.1) is 6.92 Å². The van der Waals surface area contributed by atoms with Gasteiger partial charge in [-0.05, 0) is 30.2 Å². The van der Waals surface area contributed by atoms with Crippen LogP contribution in [0.3, 0.4) is 0 Å². The lowest BCUT2D eigenvalue weighted by atomic mass is 10.1. The molecule has 0 fully saturated rings. The smallest absolute Gasteiger partial charge is 0.126 e. The Bertz CT molecular complexity index is 552. The number of hydrogen-bond donors (Lipinski definition) is 2. The largest absolute Gasteiger partial charge is 0.507 e. The first kappa shape index (κ1) is 12.6. The molecule has 2 aromatic rings. The Labute approximate surface area is 112 Å². The maximum atomic E-state index is 9.83. The number of benzene rings is 2. The minimum atomic E-state index is 0.223. The second kappa shape index (κ2) is 5.65. The molecule has 0 radical (unpaired) electrons. The van der Waals surface area contributed by atoms with Gasteiger partial charge < -0.3 is 10.4 Å². The molecule has 0 aliphatic carbocycles. The van der Waals surface area contributed by atoms with Crippen LogP contribution >= 0.6 is 12.2 Å². The maximum absolute atomic E-state index is 9.83. The molecule has 18 heavy (non-hydrogen) atoms. The quantitative estimate of drug-likeness (QED) is 0.828. The Morgan fingerprint density at radius 1 is 1.17 bits per heavy atom. The summed E-state index contributed by atoms with van der Waals surface area (Å²) in [6.07, 6.45) is 0. The van der Waals surface area contributed by atoms with E-state index in [1.54, 1.807) is 6.07 Å². The molecule has 92 valence electrons. The predicted octanol–water partition coefficient (Wildman–Crippen LogP) is 3.17. The maximum Gasteiger partial charge on any atom is 0.126 e. The average molecular weight is 257 g/mol. The van der Waals surface area contributed by atoms with Crippen LogP contribution in [0.5, 0.6) is 5.75 Å². The second-order valence-electron chi connectivity index (χ2n) is 4.19. The minimum absolute atomic E-state index is 0.223. The summed E-state index contributed by atoms with van der Waals surface area (Å²) < 4.78 is 0. The molecule has 0 saturated carbocycles. The summed E-state index contributed by atoms with van der Waals surface area (Å²) in [6, 6.07) is 15.5. The molecule has 3 heteroatoms. The fourth-order valence-corrected chi connectivity index (χ4v) is 1.95. The number of thiocarbonyl (C=S) groups is 1. The number of phenols is 1. The van der Waals surface area contributed by atoms with E-state index in [0.29, 0.717) is 17.1 Å². The Hall–Kier alpha value is -1.87. The van der Waals surface area contributed by atoms with Gasteiger partial charge in [-0.3, -0.25) is 0 Å². The molecule has 0 bridgehead atoms. The van der Waals surface area contributed by atoms with E-state index < -0.39 is 0 Å². The summed E-state index contributed by atoms with van der Waals surface area (Å²) in [5.41, 5.74) is 2.85. The Balaban J connectivity index is 2.04. The molecule has 0 heterocycles. The number of hydrogen-bond acceptors (Lipinski definition) is 2. The second-order valence-corrected chi connectivity index (χ2v) is 4.60. The van der Waals surface area contributed by atoms with Gasteiger partial charge in [0.1, 0.15) is 10.7 Å². The molecule has 0 spiro atoms. The van der Waals surface area contributed by atoms with Gasteiger partial charge in [0.2, 0.25) is 0 Å². The SMILES string of the molecule is Cc1ccc(C(=S)NCc2ccccc2)c(O)c1. The molecule has 2 rings (SSSR count). The summed E-state index contributed by atoms with van der Waals surface area (Å²) in [5, 5.41) is 13.0. The van der Waals surface area contributed by atoms with Crippen molar-refractivity contribution in [1.29, 1.82) is 0 Å². The molecule has 0 unspecified atom stereocenters. The van der Waals surface area contributed by atoms with Gasteiger partial charge in [-0.25, -0.2) is 0 Å². The highest BCUT2D eigenvalue weighted by Gasteiger charge is 2.06. The van der Waals surface area contributed by atoms with Gasteiger partial charge in [0.15, 0.2) is 0 Å². The van der Waals surface area contributed by atoms with E-state index in [9.17, 15) is 5.11 Å². The Kier molecular flexibility index (Phi) is 3.95. The highest BCUT2D eigenvalue weighted by atomic mass is 32.1. The molecule has 0 aromatic heterocycles. The van der Waals surface area contributed by atoms with Crippen LogP contribution in [-0.4, -0.2) is 10.1 Å². The topological polar surface area (TPSA) is 32.3 Å². The molecule has 2 N–H and O–H groups in total. The first-order valence-corrected chi connectivity index (χ1v) is 6.19. The third-order valence-corrected chi connectivity index (χ3v) is 3.06. The van der Waals surface area contributed by atoms with Crippen molar-refractivity contribution < 1.29 is 5.11 Å². The van der Waals surface area contributed by atoms with Crippen molar-refractivity contribution in [2.24, 2.45) is 0 Å². The molecule has 0 saturated heterocycles. The molecule has 2 aromatic carbocycles. The number of phenolic OH excluding ortho intramolecular Hbond substituents is 1. The number of nitrogens with one attached hydrogen (secondary N) is 1. The van der Waals surface area contributed by atoms with Crippen molar-refractivity contribution in [1.82, 2.24) is 5.32 Å². The van der Waals surface area contributed by atoms with E-state index >= 15 is 0 Å². The molecular weight excluding hydrogens is 242 g/mol. The van der Waals surface area contributed by atoms with Gasteiger partial charge in [0.25, 0.3) is 0 Å². The lowest BCUT2D eigenvalue weighted by Gasteiger charge is -2.10. The monoisotopic (exact) mass is 257 g/mol. The molecule has 0 aliphatic rings. The van der Waals surface area contributed by atoms with Crippen molar-refractivity contribution in [3.63, 3.8) is 0 Å². The van der Waals surface area contributed by atoms with Crippen LogP contribution in [0.4, 0.5) is 0 Å². The zero-order chi connectivity index (χ0) is 13.0. The molecule has 0 atom stereocenters. The first-order chi connectivity index (χ1) is 8.66. The third kappa shape index (κ3) is 3.08. The van der Waals surface area contributed by atoms with Crippen molar-refractivity contribution >= 4 is 17.2 Å². The van der Waals surface area contributed by atoms with Gasteiger partial charge in [0.05, 0.1) is 5.56 Å². The van der Waals surface area contributed by atoms with Crippen molar-refractivity contribution in [2.45, 2.75) is 13.5 Å². The summed E-state index contributed by atoms with van der Waals surface area (Å²) in [7, 11) is 0. The summed E-state index contributed by atoms with van der Waals surface area (Å²) in [6.45, 7) is 2.59. The third-order valence-electron chi connectivity index (χ3n) is 2.69. The van der Waals surface area contributed by atoms with Gasteiger partial charge in [-0.2, -0.15) is 0 Å². The fourth-order valence-electron chi connectivity index (χ4n) is 1.71. The van der Waals surface area contributed by atoms with Gasteiger partial charge in [0, 0.05) is 6.54 Å². The Morgan fingerprint density at radius 2 is 1.89 bits per heavy atom. The van der Waals surface area contributed by atoms with Crippen LogP contribution in [0.25, 0.3) is 0 Å². The van der Waals surface area contributed by atoms with Crippen molar-refractivity contribution in [3.8, 4) is 5.75 Å². The lowest BCUT2D eigenvalue weighted by Crippen LogP contribution is -2.21. The predicted molar refractivity (Wildman–Crippen MR) is 77.8 cm³/mol. The zero-order valence-electron chi connectivity index (χ0n) is 10.2. The van der Waals surface area contributed by atoms with Crippen LogP contribution in [0.2, 0.25) is 0 Å². The van der Waals surface area contributed by atoms with E-state index in [2.05, 4.69) is 5.32 Å². The van der Waals surface area contributed by atoms with E-state index in [1.165, 1.54) is 0 Å². The summed E-state index contributed by atoms with van der Waals surface area (Å²) >= 11 is 5.28. The van der Waals surface area contributed by atoms with Crippen LogP contribution in [-0.2, 0) is 6.54 Å². The van der Waals surface area contributed by atoms with Crippen LogP contribution in [0.1, 0.15) is 16.7 Å². The van der Waals surface area contributed by atoms with Crippen LogP contribution in [0.15, 0.2) is 48.5 Å². The van der Waals surface area contributed by atoms with E-state index in [0.717, 1.165) is 11.1 Å². The number of aromatic hydroxyl groups is 1. The van der Waals surface area contributed by atoms with E-state index in [4.69, 9.17) is 12.2 Å². The fraction of sp³-hybridized carbons (Fsp3) is 0.133. The van der Waals surface area contributed by atoms with Gasteiger partial charge in [-0.15, -0.1) is 0 Å². The number of aryl methyl sites for hydroxylation is 1. The molecular formula is C15H15NOS. The normalized spacial score (nSPS) is 10.1. The van der Waals surface area contributed by atoms with Crippen molar-refractivity contribution in [3.05, 3.63) is 65.2 Å². The van der Waals surface area contributed by atoms with Crippen molar-refractivity contribution in [2.75, 3.05) is 0 Å². The molecule has 2 nitrogen and oxygen atoms in total. The van der Waals surface area contributed by atoms with Gasteiger partial charge >= 0.3 is 0 Å². The summed E-state index contributed by atoms with van der Waals surface area (Å²) in [5.74, 6) is 0.223. The first-order valence-electron chi connectivity index (χ1n) is 5.78. The summed E-state index contributed by atoms with van der Waals surface area (Å²) in [4.78, 5) is 0.566. The number of rotatable bonds is 3. The molecule has 0 aliphatic heterocycles. The average Bonchev–Trinajstić information content (AvgIpc) is 2.37. The zero-order valence-corrected chi connectivity index (χ0v) is 11.0. The Morgan fingerprint density at radius 3 is 2.56 bits per heavy atom. The highest BCUT2D eigenvalue weighted by Crippen LogP contribution is 2.18. The standard InChI is InChI=1S/C15H15NOS/c1-11-7-8-13(14(17)9-11)15(18)16-10-12-5-3-2-4-6-12/h2-9,17H,10H2,1H3,(H,16,18). The lowest BCUT2D eigenvalue weighted by molar-refractivity contribution is 0.473. The highest BCUT2D eigenvalue weighted by molar-refractivity contribution is 7.80. The van der Waals surface area contributed by atoms with E-state index in [1.807, 2.05) is 49.4 Å². The van der Waals surface area contributed by atoms with Crippen LogP contribution < -0.4 is 5.32 Å². The van der Waals surface area contributed by atoms with Gasteiger partial charge in [-0.1, -0.05) is 48.6 Å². The van der Waals surface area contributed by atoms with E-state index in [-0.39, 0.29) is 5.75 Å².